The number of nitrogens with one attached hydrogen (secondary N) is 1. The summed E-state index contributed by atoms with van der Waals surface area (Å²) in [6.45, 7) is 0.545. The molecule has 3 nitrogen and oxygen atoms in total. The molecule has 1 fully saturated rings. The molecule has 0 amide bonds. The van der Waals surface area contributed by atoms with E-state index in [1.54, 1.807) is 0 Å². The van der Waals surface area contributed by atoms with E-state index in [4.69, 9.17) is 5.11 Å². The smallest absolute Gasteiger partial charge is 0.320 e. The second kappa shape index (κ2) is 4.50. The highest BCUT2D eigenvalue weighted by atomic mass is 19.3. The van der Waals surface area contributed by atoms with E-state index in [2.05, 4.69) is 5.32 Å². The number of carboxylic acids is 1. The Morgan fingerprint density at radius 3 is 2.77 bits per heavy atom. The monoisotopic (exact) mass is 193 g/mol. The lowest BCUT2D eigenvalue weighted by Crippen LogP contribution is -2.29. The Bertz CT molecular complexity index is 187. The fraction of sp³-hybridized carbons (Fsp3) is 0.875. The van der Waals surface area contributed by atoms with Gasteiger partial charge in [-0.25, -0.2) is 8.78 Å². The molecule has 0 aliphatic carbocycles. The molecule has 0 spiro atoms. The minimum absolute atomic E-state index is 0.0927. The summed E-state index contributed by atoms with van der Waals surface area (Å²) in [7, 11) is 0. The highest BCUT2D eigenvalue weighted by Gasteiger charge is 2.29. The van der Waals surface area contributed by atoms with E-state index >= 15 is 0 Å². The Morgan fingerprint density at radius 1 is 1.62 bits per heavy atom. The van der Waals surface area contributed by atoms with Gasteiger partial charge in [-0.1, -0.05) is 0 Å². The van der Waals surface area contributed by atoms with Crippen LogP contribution in [0.15, 0.2) is 0 Å². The lowest BCUT2D eigenvalue weighted by atomic mass is 10.0. The maximum Gasteiger partial charge on any atom is 0.320 e. The van der Waals surface area contributed by atoms with E-state index in [0.717, 1.165) is 0 Å². The zero-order chi connectivity index (χ0) is 9.84. The third kappa shape index (κ3) is 3.26. The summed E-state index contributed by atoms with van der Waals surface area (Å²) in [5, 5.41) is 11.4. The Kier molecular flexibility index (Phi) is 3.59. The summed E-state index contributed by atoms with van der Waals surface area (Å²) in [5.74, 6) is -0.797. The van der Waals surface area contributed by atoms with Crippen LogP contribution in [0.5, 0.6) is 0 Å². The highest BCUT2D eigenvalue weighted by molar-refractivity contribution is 5.73. The van der Waals surface area contributed by atoms with Crippen molar-refractivity contribution < 1.29 is 18.7 Å². The number of hydrogen-bond donors (Lipinski definition) is 2. The SMILES string of the molecule is O=C(O)C1CC(CCC(F)F)CN1. The summed E-state index contributed by atoms with van der Waals surface area (Å²) < 4.78 is 23.6. The van der Waals surface area contributed by atoms with Crippen molar-refractivity contribution in [1.82, 2.24) is 5.32 Å². The van der Waals surface area contributed by atoms with E-state index in [9.17, 15) is 13.6 Å². The van der Waals surface area contributed by atoms with Crippen molar-refractivity contribution >= 4 is 5.97 Å². The van der Waals surface area contributed by atoms with Crippen molar-refractivity contribution in [3.05, 3.63) is 0 Å². The Hall–Kier alpha value is -0.710. The molecule has 2 unspecified atom stereocenters. The topological polar surface area (TPSA) is 49.3 Å². The van der Waals surface area contributed by atoms with E-state index < -0.39 is 18.4 Å². The highest BCUT2D eigenvalue weighted by Crippen LogP contribution is 2.21. The van der Waals surface area contributed by atoms with Crippen LogP contribution >= 0.6 is 0 Å². The zero-order valence-electron chi connectivity index (χ0n) is 7.17. The minimum Gasteiger partial charge on any atom is -0.480 e. The van der Waals surface area contributed by atoms with Crippen LogP contribution in [-0.2, 0) is 4.79 Å². The number of rotatable bonds is 4. The van der Waals surface area contributed by atoms with Crippen molar-refractivity contribution in [2.75, 3.05) is 6.54 Å². The van der Waals surface area contributed by atoms with Crippen LogP contribution in [0, 0.1) is 5.92 Å². The molecule has 0 aromatic carbocycles. The Morgan fingerprint density at radius 2 is 2.31 bits per heavy atom. The molecule has 0 radical (unpaired) electrons. The summed E-state index contributed by atoms with van der Waals surface area (Å²) in [5.41, 5.74) is 0. The first-order valence-electron chi connectivity index (χ1n) is 4.34. The van der Waals surface area contributed by atoms with Gasteiger partial charge in [-0.2, -0.15) is 0 Å². The van der Waals surface area contributed by atoms with Gasteiger partial charge in [0.25, 0.3) is 0 Å². The van der Waals surface area contributed by atoms with Crippen molar-refractivity contribution in [2.45, 2.75) is 31.7 Å². The van der Waals surface area contributed by atoms with Crippen LogP contribution in [0.1, 0.15) is 19.3 Å². The van der Waals surface area contributed by atoms with Crippen LogP contribution in [0.3, 0.4) is 0 Å². The molecule has 0 aromatic rings. The Labute approximate surface area is 75.1 Å². The van der Waals surface area contributed by atoms with Crippen molar-refractivity contribution in [2.24, 2.45) is 5.92 Å². The fourth-order valence-electron chi connectivity index (χ4n) is 1.58. The van der Waals surface area contributed by atoms with Crippen LogP contribution in [0.4, 0.5) is 8.78 Å². The molecule has 13 heavy (non-hydrogen) atoms. The molecule has 5 heteroatoms. The maximum atomic E-state index is 11.8. The average Bonchev–Trinajstić information content (AvgIpc) is 2.48. The average molecular weight is 193 g/mol. The third-order valence-corrected chi connectivity index (χ3v) is 2.31. The molecule has 1 aliphatic heterocycles. The van der Waals surface area contributed by atoms with Gasteiger partial charge in [0, 0.05) is 6.42 Å². The first-order chi connectivity index (χ1) is 6.09. The van der Waals surface area contributed by atoms with Crippen molar-refractivity contribution in [3.8, 4) is 0 Å². The molecular formula is C8H13F2NO2. The second-order valence-electron chi connectivity index (χ2n) is 3.37. The molecule has 76 valence electrons. The zero-order valence-corrected chi connectivity index (χ0v) is 7.17. The largest absolute Gasteiger partial charge is 0.480 e. The van der Waals surface area contributed by atoms with E-state index in [-0.39, 0.29) is 12.3 Å². The molecule has 1 aliphatic rings. The maximum absolute atomic E-state index is 11.8. The molecule has 1 rings (SSSR count). The van der Waals surface area contributed by atoms with Gasteiger partial charge in [-0.3, -0.25) is 4.79 Å². The van der Waals surface area contributed by atoms with Gasteiger partial charge in [0.15, 0.2) is 0 Å². The molecule has 2 N–H and O–H groups in total. The van der Waals surface area contributed by atoms with Gasteiger partial charge < -0.3 is 10.4 Å². The lowest BCUT2D eigenvalue weighted by Gasteiger charge is -2.06. The third-order valence-electron chi connectivity index (χ3n) is 2.31. The number of alkyl halides is 2. The van der Waals surface area contributed by atoms with Gasteiger partial charge in [0.1, 0.15) is 6.04 Å². The first-order valence-corrected chi connectivity index (χ1v) is 4.34. The summed E-state index contributed by atoms with van der Waals surface area (Å²) >= 11 is 0. The van der Waals surface area contributed by atoms with Crippen LogP contribution in [0.25, 0.3) is 0 Å². The number of aliphatic carboxylic acids is 1. The standard InChI is InChI=1S/C8H13F2NO2/c9-7(10)2-1-5-3-6(8(12)13)11-4-5/h5-7,11H,1-4H2,(H,12,13). The number of carbonyl (C=O) groups is 1. The molecular weight excluding hydrogens is 180 g/mol. The molecule has 1 heterocycles. The number of hydrogen-bond acceptors (Lipinski definition) is 2. The second-order valence-corrected chi connectivity index (χ2v) is 3.37. The van der Waals surface area contributed by atoms with Crippen LogP contribution in [-0.4, -0.2) is 30.1 Å². The van der Waals surface area contributed by atoms with Gasteiger partial charge in [0.05, 0.1) is 0 Å². The van der Waals surface area contributed by atoms with Gasteiger partial charge in [-0.05, 0) is 25.3 Å². The predicted octanol–water partition coefficient (Wildman–Crippen LogP) is 1.09. The Balaban J connectivity index is 2.21. The van der Waals surface area contributed by atoms with E-state index in [1.165, 1.54) is 0 Å². The van der Waals surface area contributed by atoms with Gasteiger partial charge >= 0.3 is 5.97 Å². The minimum atomic E-state index is -2.27. The fourth-order valence-corrected chi connectivity index (χ4v) is 1.58. The van der Waals surface area contributed by atoms with Gasteiger partial charge in [0.2, 0.25) is 6.43 Å². The molecule has 0 aromatic heterocycles. The molecule has 0 saturated carbocycles. The lowest BCUT2D eigenvalue weighted by molar-refractivity contribution is -0.139. The van der Waals surface area contributed by atoms with E-state index in [1.807, 2.05) is 0 Å². The molecule has 1 saturated heterocycles. The first kappa shape index (κ1) is 10.4. The normalized spacial score (nSPS) is 28.2. The summed E-state index contributed by atoms with van der Waals surface area (Å²) in [6.07, 6.45) is -1.52. The van der Waals surface area contributed by atoms with E-state index in [0.29, 0.717) is 19.4 Å². The van der Waals surface area contributed by atoms with Crippen LogP contribution < -0.4 is 5.32 Å². The summed E-state index contributed by atoms with van der Waals surface area (Å²) in [4.78, 5) is 10.5. The number of carboxylic acid groups (broad SMARTS) is 1. The van der Waals surface area contributed by atoms with Crippen molar-refractivity contribution in [1.29, 1.82) is 0 Å². The molecule has 0 bridgehead atoms. The van der Waals surface area contributed by atoms with Crippen molar-refractivity contribution in [3.63, 3.8) is 0 Å². The predicted molar refractivity (Wildman–Crippen MR) is 42.8 cm³/mol. The molecule has 2 atom stereocenters. The summed E-state index contributed by atoms with van der Waals surface area (Å²) in [6, 6.07) is -0.539. The quantitative estimate of drug-likeness (QED) is 0.702. The van der Waals surface area contributed by atoms with Gasteiger partial charge in [-0.15, -0.1) is 0 Å². The van der Waals surface area contributed by atoms with Crippen LogP contribution in [0.2, 0.25) is 0 Å². The number of halogens is 2.